The Morgan fingerprint density at radius 1 is 1.13 bits per heavy atom. The van der Waals surface area contributed by atoms with Gasteiger partial charge in [0.2, 0.25) is 0 Å². The molecule has 7 heteroatoms. The highest BCUT2D eigenvalue weighted by molar-refractivity contribution is 7.99. The second-order valence-corrected chi connectivity index (χ2v) is 6.10. The number of carbonyl (C=O) groups is 1. The lowest BCUT2D eigenvalue weighted by molar-refractivity contribution is -0.133. The molecule has 2 aromatic carbocycles. The smallest absolute Gasteiger partial charge is 0.313 e. The molecular formula is C16H15N3O3S. The van der Waals surface area contributed by atoms with Gasteiger partial charge in [-0.2, -0.15) is 0 Å². The van der Waals surface area contributed by atoms with Crippen LogP contribution in [-0.2, 0) is 11.2 Å². The van der Waals surface area contributed by atoms with Gasteiger partial charge in [-0.1, -0.05) is 18.2 Å². The number of aliphatic carboxylic acids is 1. The van der Waals surface area contributed by atoms with Crippen molar-refractivity contribution < 1.29 is 15.0 Å². The van der Waals surface area contributed by atoms with Crippen molar-refractivity contribution in [2.45, 2.75) is 6.42 Å². The predicted octanol–water partition coefficient (Wildman–Crippen LogP) is 2.49. The molecule has 0 spiro atoms. The van der Waals surface area contributed by atoms with E-state index < -0.39 is 5.97 Å². The standard InChI is InChI=1S/C16H15N3O3S/c20-15-6-5-11(7-8-23-10-16(21)22)9-14(15)19-17-12-3-1-2-4-13(12)18-19/h1-6,9,20H,7-8,10H2,(H,21,22). The molecule has 6 nitrogen and oxygen atoms in total. The van der Waals surface area contributed by atoms with E-state index in [9.17, 15) is 9.90 Å². The maximum atomic E-state index is 10.5. The molecule has 0 atom stereocenters. The Morgan fingerprint density at radius 3 is 2.48 bits per heavy atom. The highest BCUT2D eigenvalue weighted by Gasteiger charge is 2.09. The Hall–Kier alpha value is -2.54. The molecule has 0 aliphatic carbocycles. The van der Waals surface area contributed by atoms with Gasteiger partial charge in [0.25, 0.3) is 0 Å². The van der Waals surface area contributed by atoms with Crippen LogP contribution < -0.4 is 0 Å². The van der Waals surface area contributed by atoms with Gasteiger partial charge in [0.05, 0.1) is 5.75 Å². The summed E-state index contributed by atoms with van der Waals surface area (Å²) >= 11 is 1.37. The van der Waals surface area contributed by atoms with E-state index >= 15 is 0 Å². The Morgan fingerprint density at radius 2 is 1.83 bits per heavy atom. The van der Waals surface area contributed by atoms with Crippen molar-refractivity contribution in [1.82, 2.24) is 15.0 Å². The van der Waals surface area contributed by atoms with E-state index in [2.05, 4.69) is 10.2 Å². The van der Waals surface area contributed by atoms with Crippen molar-refractivity contribution in [1.29, 1.82) is 0 Å². The van der Waals surface area contributed by atoms with E-state index in [0.717, 1.165) is 16.6 Å². The fourth-order valence-electron chi connectivity index (χ4n) is 2.20. The fourth-order valence-corrected chi connectivity index (χ4v) is 2.90. The quantitative estimate of drug-likeness (QED) is 0.676. The van der Waals surface area contributed by atoms with Crippen LogP contribution in [0.25, 0.3) is 16.7 Å². The molecule has 3 rings (SSSR count). The number of rotatable bonds is 6. The average molecular weight is 329 g/mol. The number of aromatic hydroxyl groups is 1. The van der Waals surface area contributed by atoms with Crippen molar-refractivity contribution in [3.8, 4) is 11.4 Å². The van der Waals surface area contributed by atoms with Gasteiger partial charge >= 0.3 is 5.97 Å². The lowest BCUT2D eigenvalue weighted by Gasteiger charge is -2.06. The molecule has 0 saturated carbocycles. The highest BCUT2D eigenvalue weighted by atomic mass is 32.2. The molecule has 0 fully saturated rings. The SMILES string of the molecule is O=C(O)CSCCc1ccc(O)c(-n2nc3ccccc3n2)c1. The lowest BCUT2D eigenvalue weighted by atomic mass is 10.1. The number of phenols is 1. The van der Waals surface area contributed by atoms with Crippen LogP contribution in [0, 0.1) is 0 Å². The fraction of sp³-hybridized carbons (Fsp3) is 0.188. The second kappa shape index (κ2) is 6.70. The van der Waals surface area contributed by atoms with Gasteiger partial charge in [-0.15, -0.1) is 26.8 Å². The summed E-state index contributed by atoms with van der Waals surface area (Å²) in [6.45, 7) is 0. The van der Waals surface area contributed by atoms with Crippen LogP contribution in [0.2, 0.25) is 0 Å². The lowest BCUT2D eigenvalue weighted by Crippen LogP contribution is -2.02. The van der Waals surface area contributed by atoms with Crippen LogP contribution in [0.5, 0.6) is 5.75 Å². The minimum absolute atomic E-state index is 0.0943. The molecule has 118 valence electrons. The zero-order valence-electron chi connectivity index (χ0n) is 12.2. The summed E-state index contributed by atoms with van der Waals surface area (Å²) in [6, 6.07) is 12.8. The Balaban J connectivity index is 1.81. The van der Waals surface area contributed by atoms with Crippen molar-refractivity contribution in [3.05, 3.63) is 48.0 Å². The van der Waals surface area contributed by atoms with Gasteiger partial charge < -0.3 is 10.2 Å². The maximum Gasteiger partial charge on any atom is 0.313 e. The Labute approximate surface area is 136 Å². The molecule has 0 saturated heterocycles. The van der Waals surface area contributed by atoms with Gasteiger partial charge in [0.15, 0.2) is 0 Å². The Kier molecular flexibility index (Phi) is 4.47. The minimum Gasteiger partial charge on any atom is -0.506 e. The third-order valence-corrected chi connectivity index (χ3v) is 4.25. The van der Waals surface area contributed by atoms with Gasteiger partial charge in [-0.25, -0.2) is 0 Å². The second-order valence-electron chi connectivity index (χ2n) is 5.00. The number of carboxylic acids is 1. The van der Waals surface area contributed by atoms with E-state index in [0.29, 0.717) is 17.9 Å². The third-order valence-electron chi connectivity index (χ3n) is 3.30. The van der Waals surface area contributed by atoms with Crippen LogP contribution in [0.4, 0.5) is 0 Å². The summed E-state index contributed by atoms with van der Waals surface area (Å²) < 4.78 is 0. The van der Waals surface area contributed by atoms with Gasteiger partial charge in [-0.3, -0.25) is 4.79 Å². The molecule has 1 aromatic heterocycles. The van der Waals surface area contributed by atoms with Gasteiger partial charge in [0, 0.05) is 0 Å². The monoisotopic (exact) mass is 329 g/mol. The average Bonchev–Trinajstić information content (AvgIpc) is 2.96. The number of benzene rings is 2. The number of nitrogens with zero attached hydrogens (tertiary/aromatic N) is 3. The van der Waals surface area contributed by atoms with Gasteiger partial charge in [0.1, 0.15) is 22.5 Å². The van der Waals surface area contributed by atoms with Crippen LogP contribution >= 0.6 is 11.8 Å². The summed E-state index contributed by atoms with van der Waals surface area (Å²) in [6.07, 6.45) is 0.714. The molecule has 1 heterocycles. The predicted molar refractivity (Wildman–Crippen MR) is 89.2 cm³/mol. The summed E-state index contributed by atoms with van der Waals surface area (Å²) in [5.41, 5.74) is 3.03. The van der Waals surface area contributed by atoms with Crippen molar-refractivity contribution in [2.24, 2.45) is 0 Å². The van der Waals surface area contributed by atoms with E-state index in [4.69, 9.17) is 5.11 Å². The molecule has 0 aliphatic heterocycles. The number of phenolic OH excluding ortho intramolecular Hbond substituents is 1. The van der Waals surface area contributed by atoms with Crippen LogP contribution in [0.15, 0.2) is 42.5 Å². The highest BCUT2D eigenvalue weighted by Crippen LogP contribution is 2.23. The van der Waals surface area contributed by atoms with Crippen LogP contribution in [0.1, 0.15) is 5.56 Å². The van der Waals surface area contributed by atoms with Crippen LogP contribution in [0.3, 0.4) is 0 Å². The van der Waals surface area contributed by atoms with E-state index in [-0.39, 0.29) is 11.5 Å². The van der Waals surface area contributed by atoms with Crippen molar-refractivity contribution in [3.63, 3.8) is 0 Å². The van der Waals surface area contributed by atoms with Crippen molar-refractivity contribution in [2.75, 3.05) is 11.5 Å². The number of aryl methyl sites for hydroxylation is 1. The first kappa shape index (κ1) is 15.4. The maximum absolute atomic E-state index is 10.5. The summed E-state index contributed by atoms with van der Waals surface area (Å²) in [5, 5.41) is 27.4. The number of thioether (sulfide) groups is 1. The number of hydrogen-bond donors (Lipinski definition) is 2. The molecule has 0 bridgehead atoms. The number of fused-ring (bicyclic) bond motifs is 1. The molecule has 0 amide bonds. The third kappa shape index (κ3) is 3.62. The molecular weight excluding hydrogens is 314 g/mol. The summed E-state index contributed by atoms with van der Waals surface area (Å²) in [5.74, 6) is 0.0864. The zero-order chi connectivity index (χ0) is 16.2. The van der Waals surface area contributed by atoms with Crippen LogP contribution in [-0.4, -0.2) is 42.7 Å². The van der Waals surface area contributed by atoms with E-state index in [1.165, 1.54) is 16.6 Å². The molecule has 23 heavy (non-hydrogen) atoms. The first-order chi connectivity index (χ1) is 11.1. The number of aromatic nitrogens is 3. The Bertz CT molecular complexity index is 814. The van der Waals surface area contributed by atoms with E-state index in [1.54, 1.807) is 6.07 Å². The summed E-state index contributed by atoms with van der Waals surface area (Å²) in [7, 11) is 0. The molecule has 0 unspecified atom stereocenters. The molecule has 0 aliphatic rings. The minimum atomic E-state index is -0.811. The first-order valence-corrected chi connectivity index (χ1v) is 8.23. The topological polar surface area (TPSA) is 88.2 Å². The largest absolute Gasteiger partial charge is 0.506 e. The molecule has 2 N–H and O–H groups in total. The normalized spacial score (nSPS) is 11.0. The van der Waals surface area contributed by atoms with Crippen molar-refractivity contribution >= 4 is 28.8 Å². The van der Waals surface area contributed by atoms with E-state index in [1.807, 2.05) is 36.4 Å². The zero-order valence-corrected chi connectivity index (χ0v) is 13.0. The number of carboxylic acid groups (broad SMARTS) is 1. The summed E-state index contributed by atoms with van der Waals surface area (Å²) in [4.78, 5) is 11.9. The van der Waals surface area contributed by atoms with Gasteiger partial charge in [-0.05, 0) is 42.0 Å². The molecule has 0 radical (unpaired) electrons. The number of hydrogen-bond acceptors (Lipinski definition) is 5. The first-order valence-electron chi connectivity index (χ1n) is 7.07. The molecule has 3 aromatic rings.